The summed E-state index contributed by atoms with van der Waals surface area (Å²) in [7, 11) is 0. The van der Waals surface area contributed by atoms with Crippen molar-refractivity contribution in [1.29, 1.82) is 0 Å². The van der Waals surface area contributed by atoms with Gasteiger partial charge in [0.25, 0.3) is 0 Å². The number of fused-ring (bicyclic) bond motifs is 5. The maximum atomic E-state index is 12.3. The van der Waals surface area contributed by atoms with E-state index in [9.17, 15) is 9.90 Å². The normalized spacial score (nSPS) is 36.8. The molecule has 2 bridgehead atoms. The Hall–Kier alpha value is -1.35. The molecule has 1 aromatic carbocycles. The monoisotopic (exact) mass is 271 g/mol. The first-order chi connectivity index (χ1) is 9.79. The van der Waals surface area contributed by atoms with Crippen molar-refractivity contribution in [3.8, 4) is 0 Å². The average molecular weight is 271 g/mol. The fourth-order valence-electron chi connectivity index (χ4n) is 4.86. The summed E-state index contributed by atoms with van der Waals surface area (Å²) < 4.78 is 0. The number of rotatable bonds is 4. The summed E-state index contributed by atoms with van der Waals surface area (Å²) in [5.74, 6) is 3.60. The van der Waals surface area contributed by atoms with Gasteiger partial charge >= 0.3 is 0 Å². The van der Waals surface area contributed by atoms with Crippen LogP contribution >= 0.6 is 0 Å². The molecule has 0 spiro atoms. The molecule has 3 aliphatic carbocycles. The minimum Gasteiger partial charge on any atom is -0.392 e. The highest BCUT2D eigenvalue weighted by Gasteiger charge is 2.67. The van der Waals surface area contributed by atoms with Crippen molar-refractivity contribution in [2.24, 2.45) is 29.6 Å². The zero-order valence-electron chi connectivity index (χ0n) is 11.6. The Morgan fingerprint density at radius 2 is 1.80 bits per heavy atom. The van der Waals surface area contributed by atoms with E-state index in [4.69, 9.17) is 0 Å². The average Bonchev–Trinajstić information content (AvgIpc) is 2.93. The van der Waals surface area contributed by atoms with Gasteiger partial charge in [-0.3, -0.25) is 4.79 Å². The van der Waals surface area contributed by atoms with E-state index < -0.39 is 0 Å². The van der Waals surface area contributed by atoms with Gasteiger partial charge in [0.2, 0.25) is 5.91 Å². The molecule has 0 saturated heterocycles. The predicted molar refractivity (Wildman–Crippen MR) is 75.5 cm³/mol. The van der Waals surface area contributed by atoms with Crippen LogP contribution in [0.15, 0.2) is 24.3 Å². The van der Waals surface area contributed by atoms with Crippen LogP contribution in [0.25, 0.3) is 0 Å². The van der Waals surface area contributed by atoms with E-state index in [1.807, 2.05) is 24.3 Å². The number of nitrogens with one attached hydrogen (secondary N) is 1. The first-order valence-corrected chi connectivity index (χ1v) is 7.75. The fraction of sp³-hybridized carbons (Fsp3) is 0.588. The highest BCUT2D eigenvalue weighted by atomic mass is 16.3. The molecule has 3 fully saturated rings. The number of carbonyl (C=O) groups excluding carboxylic acids is 1. The van der Waals surface area contributed by atoms with Gasteiger partial charge in [-0.05, 0) is 54.1 Å². The molecule has 3 saturated carbocycles. The molecule has 0 radical (unpaired) electrons. The van der Waals surface area contributed by atoms with E-state index in [-0.39, 0.29) is 12.5 Å². The maximum absolute atomic E-state index is 12.3. The molecule has 3 nitrogen and oxygen atoms in total. The lowest BCUT2D eigenvalue weighted by molar-refractivity contribution is -0.123. The van der Waals surface area contributed by atoms with E-state index >= 15 is 0 Å². The van der Waals surface area contributed by atoms with Crippen LogP contribution in [0, 0.1) is 29.6 Å². The topological polar surface area (TPSA) is 49.3 Å². The summed E-state index contributed by atoms with van der Waals surface area (Å²) in [6.07, 6.45) is 4.08. The third kappa shape index (κ3) is 1.80. The van der Waals surface area contributed by atoms with E-state index in [0.29, 0.717) is 24.3 Å². The number of amides is 1. The second-order valence-electron chi connectivity index (χ2n) is 6.66. The summed E-state index contributed by atoms with van der Waals surface area (Å²) >= 11 is 0. The van der Waals surface area contributed by atoms with Crippen LogP contribution in [0.1, 0.15) is 30.4 Å². The van der Waals surface area contributed by atoms with Crippen LogP contribution in [-0.4, -0.2) is 11.0 Å². The Labute approximate surface area is 119 Å². The SMILES string of the molecule is O=C(NCc1ccccc1CO)C1C2C3CCC(C3)C12. The number of aliphatic hydroxyl groups is 1. The van der Waals surface area contributed by atoms with Crippen LogP contribution in [0.2, 0.25) is 0 Å². The first-order valence-electron chi connectivity index (χ1n) is 7.75. The molecular weight excluding hydrogens is 250 g/mol. The number of carbonyl (C=O) groups is 1. The molecule has 1 aromatic rings. The van der Waals surface area contributed by atoms with Crippen molar-refractivity contribution < 1.29 is 9.90 Å². The Morgan fingerprint density at radius 3 is 2.45 bits per heavy atom. The van der Waals surface area contributed by atoms with Gasteiger partial charge in [-0.25, -0.2) is 0 Å². The van der Waals surface area contributed by atoms with Gasteiger partial charge in [-0.15, -0.1) is 0 Å². The van der Waals surface area contributed by atoms with E-state index in [1.165, 1.54) is 19.3 Å². The molecule has 3 heteroatoms. The molecule has 4 rings (SSSR count). The van der Waals surface area contributed by atoms with Gasteiger partial charge in [-0.1, -0.05) is 24.3 Å². The van der Waals surface area contributed by atoms with Crippen molar-refractivity contribution >= 4 is 5.91 Å². The molecule has 4 atom stereocenters. The van der Waals surface area contributed by atoms with Crippen LogP contribution in [0.3, 0.4) is 0 Å². The molecule has 4 unspecified atom stereocenters. The summed E-state index contributed by atoms with van der Waals surface area (Å²) in [5.41, 5.74) is 1.93. The number of benzene rings is 1. The largest absolute Gasteiger partial charge is 0.392 e. The van der Waals surface area contributed by atoms with Crippen LogP contribution < -0.4 is 5.32 Å². The summed E-state index contributed by atoms with van der Waals surface area (Å²) in [6, 6.07) is 7.75. The molecule has 0 aromatic heterocycles. The van der Waals surface area contributed by atoms with Crippen molar-refractivity contribution in [2.75, 3.05) is 0 Å². The standard InChI is InChI=1S/C17H21NO2/c19-9-13-4-2-1-3-12(13)8-18-17(20)16-14-10-5-6-11(7-10)15(14)16/h1-4,10-11,14-16,19H,5-9H2,(H,18,20). The zero-order valence-corrected chi connectivity index (χ0v) is 11.6. The van der Waals surface area contributed by atoms with Gasteiger partial charge in [0, 0.05) is 12.5 Å². The van der Waals surface area contributed by atoms with Crippen LogP contribution in [0.5, 0.6) is 0 Å². The second kappa shape index (κ2) is 4.59. The molecule has 106 valence electrons. The van der Waals surface area contributed by atoms with E-state index in [1.54, 1.807) is 0 Å². The molecule has 0 aliphatic heterocycles. The summed E-state index contributed by atoms with van der Waals surface area (Å²) in [5, 5.41) is 12.4. The number of hydrogen-bond acceptors (Lipinski definition) is 2. The highest BCUT2D eigenvalue weighted by molar-refractivity contribution is 5.82. The van der Waals surface area contributed by atoms with Gasteiger partial charge in [0.05, 0.1) is 6.61 Å². The second-order valence-corrected chi connectivity index (χ2v) is 6.66. The number of aliphatic hydroxyl groups excluding tert-OH is 1. The lowest BCUT2D eigenvalue weighted by Crippen LogP contribution is -2.27. The predicted octanol–water partition coefficient (Wildman–Crippen LogP) is 2.09. The summed E-state index contributed by atoms with van der Waals surface area (Å²) in [6.45, 7) is 0.575. The Morgan fingerprint density at radius 1 is 1.15 bits per heavy atom. The summed E-state index contributed by atoms with van der Waals surface area (Å²) in [4.78, 5) is 12.3. The molecule has 3 aliphatic rings. The van der Waals surface area contributed by atoms with Gasteiger partial charge < -0.3 is 10.4 Å². The number of hydrogen-bond donors (Lipinski definition) is 2. The minimum atomic E-state index is 0.0326. The lowest BCUT2D eigenvalue weighted by Gasteiger charge is -2.11. The van der Waals surface area contributed by atoms with Crippen molar-refractivity contribution in [2.45, 2.75) is 32.4 Å². The fourth-order valence-corrected chi connectivity index (χ4v) is 4.86. The van der Waals surface area contributed by atoms with Gasteiger partial charge in [0.1, 0.15) is 0 Å². The van der Waals surface area contributed by atoms with Crippen molar-refractivity contribution in [1.82, 2.24) is 5.32 Å². The minimum absolute atomic E-state index is 0.0326. The van der Waals surface area contributed by atoms with Crippen molar-refractivity contribution in [3.63, 3.8) is 0 Å². The smallest absolute Gasteiger partial charge is 0.223 e. The van der Waals surface area contributed by atoms with Gasteiger partial charge in [0.15, 0.2) is 0 Å². The van der Waals surface area contributed by atoms with Crippen molar-refractivity contribution in [3.05, 3.63) is 35.4 Å². The molecule has 0 heterocycles. The molecule has 20 heavy (non-hydrogen) atoms. The third-order valence-electron chi connectivity index (χ3n) is 5.78. The first kappa shape index (κ1) is 12.4. The van der Waals surface area contributed by atoms with Crippen LogP contribution in [-0.2, 0) is 17.9 Å². The highest BCUT2D eigenvalue weighted by Crippen LogP contribution is 2.69. The Bertz CT molecular complexity index is 526. The maximum Gasteiger partial charge on any atom is 0.223 e. The molecule has 2 N–H and O–H groups in total. The van der Waals surface area contributed by atoms with E-state index in [0.717, 1.165) is 23.0 Å². The lowest BCUT2D eigenvalue weighted by atomic mass is 10.0. The Balaban J connectivity index is 1.38. The Kier molecular flexibility index (Phi) is 2.84. The third-order valence-corrected chi connectivity index (χ3v) is 5.78. The quantitative estimate of drug-likeness (QED) is 0.881. The zero-order chi connectivity index (χ0) is 13.7. The molecule has 1 amide bonds. The molecular formula is C17H21NO2. The van der Waals surface area contributed by atoms with Crippen LogP contribution in [0.4, 0.5) is 0 Å². The van der Waals surface area contributed by atoms with Gasteiger partial charge in [-0.2, -0.15) is 0 Å². The van der Waals surface area contributed by atoms with E-state index in [2.05, 4.69) is 5.32 Å².